The number of halogens is 1. The predicted octanol–water partition coefficient (Wildman–Crippen LogP) is 2.12. The molecule has 1 N–H and O–H groups in total. The van der Waals surface area contributed by atoms with Crippen LogP contribution in [0.2, 0.25) is 5.22 Å². The fourth-order valence-electron chi connectivity index (χ4n) is 2.57. The molecule has 5 nitrogen and oxygen atoms in total. The van der Waals surface area contributed by atoms with Gasteiger partial charge in [0.15, 0.2) is 11.0 Å². The van der Waals surface area contributed by atoms with Gasteiger partial charge in [-0.15, -0.1) is 0 Å². The third-order valence-electron chi connectivity index (χ3n) is 3.65. The van der Waals surface area contributed by atoms with Gasteiger partial charge in [0.2, 0.25) is 5.91 Å². The van der Waals surface area contributed by atoms with E-state index in [4.69, 9.17) is 16.0 Å². The van der Waals surface area contributed by atoms with Crippen LogP contribution in [0.1, 0.15) is 16.1 Å². The zero-order valence-corrected chi connectivity index (χ0v) is 12.5. The fraction of sp³-hybridized carbons (Fsp3) is 0.250. The summed E-state index contributed by atoms with van der Waals surface area (Å²) in [6.07, 6.45) is 0.465. The molecule has 6 heteroatoms. The Balaban J connectivity index is 1.83. The molecule has 0 saturated carbocycles. The van der Waals surface area contributed by atoms with E-state index in [2.05, 4.69) is 5.32 Å². The van der Waals surface area contributed by atoms with Gasteiger partial charge < -0.3 is 14.6 Å². The number of carbonyl (C=O) groups is 2. The zero-order valence-electron chi connectivity index (χ0n) is 11.8. The number of amides is 2. The molecule has 1 aromatic heterocycles. The Morgan fingerprint density at radius 3 is 2.73 bits per heavy atom. The van der Waals surface area contributed by atoms with E-state index in [9.17, 15) is 9.59 Å². The van der Waals surface area contributed by atoms with Crippen molar-refractivity contribution in [1.82, 2.24) is 10.2 Å². The maximum Gasteiger partial charge on any atom is 0.290 e. The summed E-state index contributed by atoms with van der Waals surface area (Å²) in [5.41, 5.74) is 1.000. The van der Waals surface area contributed by atoms with Crippen molar-refractivity contribution < 1.29 is 14.0 Å². The van der Waals surface area contributed by atoms with Crippen LogP contribution in [0.4, 0.5) is 0 Å². The lowest BCUT2D eigenvalue weighted by Gasteiger charge is -2.34. The van der Waals surface area contributed by atoms with Gasteiger partial charge in [0, 0.05) is 19.5 Å². The standard InChI is InChI=1S/C16H15ClN2O3/c17-14-7-6-13(22-14)16(21)19-9-8-18-15(20)12(19)10-11-4-2-1-3-5-11/h1-7,12H,8-10H2,(H,18,20)/t12-/m1/s1. The first-order valence-corrected chi connectivity index (χ1v) is 7.41. The molecule has 114 valence electrons. The Labute approximate surface area is 132 Å². The summed E-state index contributed by atoms with van der Waals surface area (Å²) in [6, 6.07) is 12.1. The quantitative estimate of drug-likeness (QED) is 0.943. The van der Waals surface area contributed by atoms with Crippen molar-refractivity contribution in [2.45, 2.75) is 12.5 Å². The number of rotatable bonds is 3. The molecule has 2 heterocycles. The monoisotopic (exact) mass is 318 g/mol. The summed E-state index contributed by atoms with van der Waals surface area (Å²) in [5, 5.41) is 2.96. The summed E-state index contributed by atoms with van der Waals surface area (Å²) in [4.78, 5) is 26.3. The predicted molar refractivity (Wildman–Crippen MR) is 81.7 cm³/mol. The van der Waals surface area contributed by atoms with E-state index >= 15 is 0 Å². The van der Waals surface area contributed by atoms with Gasteiger partial charge in [0.1, 0.15) is 6.04 Å². The Morgan fingerprint density at radius 1 is 1.27 bits per heavy atom. The molecule has 3 rings (SSSR count). The highest BCUT2D eigenvalue weighted by atomic mass is 35.5. The van der Waals surface area contributed by atoms with Crippen LogP contribution in [-0.2, 0) is 11.2 Å². The summed E-state index contributed by atoms with van der Waals surface area (Å²) in [5.74, 6) is -0.318. The number of carbonyl (C=O) groups excluding carboxylic acids is 2. The minimum absolute atomic E-state index is 0.151. The van der Waals surface area contributed by atoms with Crippen LogP contribution < -0.4 is 5.32 Å². The van der Waals surface area contributed by atoms with Crippen molar-refractivity contribution in [1.29, 1.82) is 0 Å². The van der Waals surface area contributed by atoms with Crippen molar-refractivity contribution in [2.75, 3.05) is 13.1 Å². The Hall–Kier alpha value is -2.27. The van der Waals surface area contributed by atoms with Crippen LogP contribution in [0.3, 0.4) is 0 Å². The van der Waals surface area contributed by atoms with Gasteiger partial charge in [-0.05, 0) is 29.3 Å². The van der Waals surface area contributed by atoms with E-state index in [0.29, 0.717) is 19.5 Å². The van der Waals surface area contributed by atoms with E-state index in [-0.39, 0.29) is 22.8 Å². The van der Waals surface area contributed by atoms with Gasteiger partial charge in [-0.2, -0.15) is 0 Å². The maximum absolute atomic E-state index is 12.6. The molecule has 1 aromatic carbocycles. The second-order valence-corrected chi connectivity index (χ2v) is 5.47. The highest BCUT2D eigenvalue weighted by Crippen LogP contribution is 2.19. The zero-order chi connectivity index (χ0) is 15.5. The van der Waals surface area contributed by atoms with Gasteiger partial charge in [-0.3, -0.25) is 9.59 Å². The van der Waals surface area contributed by atoms with E-state index in [1.54, 1.807) is 4.90 Å². The molecular weight excluding hydrogens is 304 g/mol. The van der Waals surface area contributed by atoms with Crippen molar-refractivity contribution >= 4 is 23.4 Å². The highest BCUT2D eigenvalue weighted by Gasteiger charge is 2.34. The first-order valence-electron chi connectivity index (χ1n) is 7.03. The highest BCUT2D eigenvalue weighted by molar-refractivity contribution is 6.29. The number of hydrogen-bond donors (Lipinski definition) is 1. The minimum Gasteiger partial charge on any atom is -0.440 e. The first-order chi connectivity index (χ1) is 10.6. The molecule has 1 atom stereocenters. The van der Waals surface area contributed by atoms with Crippen molar-refractivity contribution in [3.8, 4) is 0 Å². The second kappa shape index (κ2) is 6.23. The average molecular weight is 319 g/mol. The average Bonchev–Trinajstić information content (AvgIpc) is 2.96. The lowest BCUT2D eigenvalue weighted by molar-refractivity contribution is -0.127. The van der Waals surface area contributed by atoms with Crippen LogP contribution in [0.15, 0.2) is 46.9 Å². The third-order valence-corrected chi connectivity index (χ3v) is 3.85. The summed E-state index contributed by atoms with van der Waals surface area (Å²) < 4.78 is 5.17. The van der Waals surface area contributed by atoms with E-state index < -0.39 is 6.04 Å². The molecule has 0 aliphatic carbocycles. The lowest BCUT2D eigenvalue weighted by Crippen LogP contribution is -2.58. The van der Waals surface area contributed by atoms with Crippen molar-refractivity contribution in [3.05, 3.63) is 59.0 Å². The van der Waals surface area contributed by atoms with Gasteiger partial charge >= 0.3 is 0 Å². The number of nitrogens with one attached hydrogen (secondary N) is 1. The summed E-state index contributed by atoms with van der Waals surface area (Å²) in [7, 11) is 0. The normalized spacial score (nSPS) is 18.1. The van der Waals surface area contributed by atoms with Crippen LogP contribution in [-0.4, -0.2) is 35.8 Å². The molecule has 0 radical (unpaired) electrons. The molecule has 1 aliphatic heterocycles. The largest absolute Gasteiger partial charge is 0.440 e. The van der Waals surface area contributed by atoms with Gasteiger partial charge in [0.05, 0.1) is 0 Å². The Bertz CT molecular complexity index is 684. The number of nitrogens with zero attached hydrogens (tertiary/aromatic N) is 1. The minimum atomic E-state index is -0.549. The molecule has 0 spiro atoms. The van der Waals surface area contributed by atoms with E-state index in [1.165, 1.54) is 12.1 Å². The fourth-order valence-corrected chi connectivity index (χ4v) is 2.71. The van der Waals surface area contributed by atoms with Crippen LogP contribution >= 0.6 is 11.6 Å². The topological polar surface area (TPSA) is 62.6 Å². The number of hydrogen-bond acceptors (Lipinski definition) is 3. The van der Waals surface area contributed by atoms with Crippen LogP contribution in [0.25, 0.3) is 0 Å². The van der Waals surface area contributed by atoms with Crippen LogP contribution in [0, 0.1) is 0 Å². The molecule has 0 bridgehead atoms. The van der Waals surface area contributed by atoms with Crippen molar-refractivity contribution in [3.63, 3.8) is 0 Å². The van der Waals surface area contributed by atoms with Crippen LogP contribution in [0.5, 0.6) is 0 Å². The number of furan rings is 1. The smallest absolute Gasteiger partial charge is 0.290 e. The first kappa shape index (κ1) is 14.7. The summed E-state index contributed by atoms with van der Waals surface area (Å²) in [6.45, 7) is 0.880. The van der Waals surface area contributed by atoms with Crippen molar-refractivity contribution in [2.24, 2.45) is 0 Å². The number of piperazine rings is 1. The van der Waals surface area contributed by atoms with Gasteiger partial charge in [-0.1, -0.05) is 30.3 Å². The van der Waals surface area contributed by atoms with E-state index in [1.807, 2.05) is 30.3 Å². The Morgan fingerprint density at radius 2 is 2.05 bits per heavy atom. The molecule has 1 aliphatic rings. The SMILES string of the molecule is O=C1NCCN(C(=O)c2ccc(Cl)o2)[C@@H]1Cc1ccccc1. The summed E-state index contributed by atoms with van der Waals surface area (Å²) >= 11 is 5.72. The molecule has 1 fully saturated rings. The second-order valence-electron chi connectivity index (χ2n) is 5.10. The molecule has 2 amide bonds. The molecule has 22 heavy (non-hydrogen) atoms. The molecular formula is C16H15ClN2O3. The lowest BCUT2D eigenvalue weighted by atomic mass is 10.0. The van der Waals surface area contributed by atoms with E-state index in [0.717, 1.165) is 5.56 Å². The third kappa shape index (κ3) is 2.99. The Kier molecular flexibility index (Phi) is 4.15. The molecule has 1 saturated heterocycles. The van der Waals surface area contributed by atoms with Gasteiger partial charge in [0.25, 0.3) is 5.91 Å². The maximum atomic E-state index is 12.6. The molecule has 2 aromatic rings. The molecule has 0 unspecified atom stereocenters. The van der Waals surface area contributed by atoms with Gasteiger partial charge in [-0.25, -0.2) is 0 Å². The number of benzene rings is 1.